The van der Waals surface area contributed by atoms with Gasteiger partial charge in [-0.25, -0.2) is 0 Å². The first-order valence-corrected chi connectivity index (χ1v) is 5.31. The Kier molecular flexibility index (Phi) is 3.48. The fourth-order valence-electron chi connectivity index (χ4n) is 1.90. The van der Waals surface area contributed by atoms with E-state index in [-0.39, 0.29) is 5.54 Å². The zero-order valence-corrected chi connectivity index (χ0v) is 8.81. The van der Waals surface area contributed by atoms with Gasteiger partial charge in [0.05, 0.1) is 0 Å². The Morgan fingerprint density at radius 3 is 2.38 bits per heavy atom. The Labute approximate surface area is 80.9 Å². The van der Waals surface area contributed by atoms with Crippen molar-refractivity contribution < 1.29 is 4.79 Å². The molecule has 2 N–H and O–H groups in total. The largest absolute Gasteiger partial charge is 0.326 e. The van der Waals surface area contributed by atoms with Crippen LogP contribution < -0.4 is 5.73 Å². The predicted octanol–water partition coefficient (Wildman–Crippen LogP) is 2.26. The standard InChI is InChI=1S/C11H21NO/c1-11(2,12)8-7-10(13)9-5-3-4-6-9/h9H,3-8,12H2,1-2H3. The first-order valence-electron chi connectivity index (χ1n) is 5.31. The molecule has 1 aliphatic rings. The molecule has 0 radical (unpaired) electrons. The first-order chi connectivity index (χ1) is 5.99. The van der Waals surface area contributed by atoms with Gasteiger partial charge in [0.1, 0.15) is 5.78 Å². The van der Waals surface area contributed by atoms with E-state index in [9.17, 15) is 4.79 Å². The Balaban J connectivity index is 2.25. The lowest BCUT2D eigenvalue weighted by atomic mass is 9.92. The van der Waals surface area contributed by atoms with Crippen LogP contribution in [0.1, 0.15) is 52.4 Å². The lowest BCUT2D eigenvalue weighted by molar-refractivity contribution is -0.123. The van der Waals surface area contributed by atoms with Crippen LogP contribution in [-0.4, -0.2) is 11.3 Å². The highest BCUT2D eigenvalue weighted by Gasteiger charge is 2.23. The van der Waals surface area contributed by atoms with Crippen LogP contribution in [0.4, 0.5) is 0 Å². The third-order valence-corrected chi connectivity index (χ3v) is 2.83. The molecule has 0 unspecified atom stereocenters. The van der Waals surface area contributed by atoms with Gasteiger partial charge < -0.3 is 5.73 Å². The van der Waals surface area contributed by atoms with Crippen LogP contribution in [0.2, 0.25) is 0 Å². The molecule has 0 aliphatic heterocycles. The van der Waals surface area contributed by atoms with E-state index >= 15 is 0 Å². The normalized spacial score (nSPS) is 19.3. The summed E-state index contributed by atoms with van der Waals surface area (Å²) in [5.74, 6) is 0.804. The number of hydrogen-bond donors (Lipinski definition) is 1. The number of Topliss-reactive ketones (excluding diaryl/α,β-unsaturated/α-hetero) is 1. The second kappa shape index (κ2) is 4.23. The molecule has 0 atom stereocenters. The molecule has 0 heterocycles. The molecule has 2 heteroatoms. The van der Waals surface area contributed by atoms with Crippen LogP contribution in [0.15, 0.2) is 0 Å². The molecule has 76 valence electrons. The molecule has 0 spiro atoms. The summed E-state index contributed by atoms with van der Waals surface area (Å²) in [4.78, 5) is 11.6. The average Bonchev–Trinajstić information content (AvgIpc) is 2.50. The van der Waals surface area contributed by atoms with Gasteiger partial charge in [0.15, 0.2) is 0 Å². The van der Waals surface area contributed by atoms with Crippen LogP contribution in [-0.2, 0) is 4.79 Å². The Morgan fingerprint density at radius 1 is 1.38 bits per heavy atom. The quantitative estimate of drug-likeness (QED) is 0.726. The topological polar surface area (TPSA) is 43.1 Å². The van der Waals surface area contributed by atoms with Crippen molar-refractivity contribution in [1.29, 1.82) is 0 Å². The fraction of sp³-hybridized carbons (Fsp3) is 0.909. The molecule has 0 amide bonds. The van der Waals surface area contributed by atoms with E-state index in [0.717, 1.165) is 19.3 Å². The number of carbonyl (C=O) groups is 1. The molecule has 0 aromatic rings. The Bertz CT molecular complexity index is 175. The number of carbonyl (C=O) groups excluding carboxylic acids is 1. The number of nitrogens with two attached hydrogens (primary N) is 1. The van der Waals surface area contributed by atoms with Crippen molar-refractivity contribution in [3.63, 3.8) is 0 Å². The molecule has 1 saturated carbocycles. The summed E-state index contributed by atoms with van der Waals surface area (Å²) < 4.78 is 0. The smallest absolute Gasteiger partial charge is 0.136 e. The molecule has 13 heavy (non-hydrogen) atoms. The molecule has 1 rings (SSSR count). The van der Waals surface area contributed by atoms with Crippen molar-refractivity contribution in [2.75, 3.05) is 0 Å². The highest BCUT2D eigenvalue weighted by Crippen LogP contribution is 2.27. The average molecular weight is 183 g/mol. The van der Waals surface area contributed by atoms with E-state index in [1.165, 1.54) is 12.8 Å². The van der Waals surface area contributed by atoms with E-state index < -0.39 is 0 Å². The van der Waals surface area contributed by atoms with Gasteiger partial charge in [-0.1, -0.05) is 12.8 Å². The molecule has 0 aromatic heterocycles. The van der Waals surface area contributed by atoms with Crippen molar-refractivity contribution in [3.8, 4) is 0 Å². The summed E-state index contributed by atoms with van der Waals surface area (Å²) >= 11 is 0. The highest BCUT2D eigenvalue weighted by molar-refractivity contribution is 5.81. The number of ketones is 1. The van der Waals surface area contributed by atoms with E-state index in [2.05, 4.69) is 0 Å². The minimum Gasteiger partial charge on any atom is -0.326 e. The molecule has 0 saturated heterocycles. The summed E-state index contributed by atoms with van der Waals surface area (Å²) in [5.41, 5.74) is 5.64. The second-order valence-electron chi connectivity index (χ2n) is 4.94. The van der Waals surface area contributed by atoms with Crippen LogP contribution >= 0.6 is 0 Å². The maximum Gasteiger partial charge on any atom is 0.136 e. The lowest BCUT2D eigenvalue weighted by Gasteiger charge is -2.18. The highest BCUT2D eigenvalue weighted by atomic mass is 16.1. The van der Waals surface area contributed by atoms with E-state index in [4.69, 9.17) is 5.73 Å². The fourth-order valence-corrected chi connectivity index (χ4v) is 1.90. The Morgan fingerprint density at radius 2 is 1.92 bits per heavy atom. The van der Waals surface area contributed by atoms with Gasteiger partial charge in [0.25, 0.3) is 0 Å². The minimum absolute atomic E-state index is 0.186. The third kappa shape index (κ3) is 3.90. The number of hydrogen-bond acceptors (Lipinski definition) is 2. The van der Waals surface area contributed by atoms with Crippen molar-refractivity contribution in [1.82, 2.24) is 0 Å². The van der Waals surface area contributed by atoms with Gasteiger partial charge in [-0.3, -0.25) is 4.79 Å². The summed E-state index contributed by atoms with van der Waals surface area (Å²) in [6.45, 7) is 3.96. The van der Waals surface area contributed by atoms with Crippen molar-refractivity contribution in [2.24, 2.45) is 11.7 Å². The molecule has 1 fully saturated rings. The summed E-state index contributed by atoms with van der Waals surface area (Å²) in [6, 6.07) is 0. The van der Waals surface area contributed by atoms with Crippen molar-refractivity contribution in [2.45, 2.75) is 57.9 Å². The van der Waals surface area contributed by atoms with Crippen LogP contribution in [0.3, 0.4) is 0 Å². The maximum atomic E-state index is 11.6. The summed E-state index contributed by atoms with van der Waals surface area (Å²) in [6.07, 6.45) is 6.20. The van der Waals surface area contributed by atoms with Crippen LogP contribution in [0, 0.1) is 5.92 Å². The van der Waals surface area contributed by atoms with Gasteiger partial charge in [0, 0.05) is 17.9 Å². The zero-order chi connectivity index (χ0) is 9.90. The van der Waals surface area contributed by atoms with Crippen molar-refractivity contribution in [3.05, 3.63) is 0 Å². The third-order valence-electron chi connectivity index (χ3n) is 2.83. The zero-order valence-electron chi connectivity index (χ0n) is 8.81. The molecular formula is C11H21NO. The molecule has 0 aromatic carbocycles. The van der Waals surface area contributed by atoms with E-state index in [1.54, 1.807) is 0 Å². The maximum absolute atomic E-state index is 11.6. The van der Waals surface area contributed by atoms with E-state index in [1.807, 2.05) is 13.8 Å². The summed E-state index contributed by atoms with van der Waals surface area (Å²) in [7, 11) is 0. The SMILES string of the molecule is CC(C)(N)CCC(=O)C1CCCC1. The second-order valence-corrected chi connectivity index (χ2v) is 4.94. The van der Waals surface area contributed by atoms with Crippen LogP contribution in [0.25, 0.3) is 0 Å². The minimum atomic E-state index is -0.186. The molecular weight excluding hydrogens is 162 g/mol. The molecule has 0 bridgehead atoms. The van der Waals surface area contributed by atoms with Gasteiger partial charge in [-0.05, 0) is 33.1 Å². The van der Waals surface area contributed by atoms with Gasteiger partial charge in [-0.2, -0.15) is 0 Å². The molecule has 2 nitrogen and oxygen atoms in total. The lowest BCUT2D eigenvalue weighted by Crippen LogP contribution is -2.32. The van der Waals surface area contributed by atoms with E-state index in [0.29, 0.717) is 18.1 Å². The molecule has 1 aliphatic carbocycles. The van der Waals surface area contributed by atoms with Gasteiger partial charge in [-0.15, -0.1) is 0 Å². The monoisotopic (exact) mass is 183 g/mol. The van der Waals surface area contributed by atoms with Gasteiger partial charge >= 0.3 is 0 Å². The number of rotatable bonds is 4. The predicted molar refractivity (Wildman–Crippen MR) is 54.5 cm³/mol. The first kappa shape index (κ1) is 10.7. The van der Waals surface area contributed by atoms with Gasteiger partial charge in [0.2, 0.25) is 0 Å². The van der Waals surface area contributed by atoms with Crippen LogP contribution in [0.5, 0.6) is 0 Å². The van der Waals surface area contributed by atoms with Crippen molar-refractivity contribution >= 4 is 5.78 Å². The Hall–Kier alpha value is -0.370. The summed E-state index contributed by atoms with van der Waals surface area (Å²) in [5, 5.41) is 0.